The van der Waals surface area contributed by atoms with Crippen LogP contribution >= 0.6 is 0 Å². The summed E-state index contributed by atoms with van der Waals surface area (Å²) < 4.78 is 54.5. The zero-order valence-corrected chi connectivity index (χ0v) is 10.5. The van der Waals surface area contributed by atoms with Crippen molar-refractivity contribution in [3.05, 3.63) is 24.3 Å². The van der Waals surface area contributed by atoms with E-state index in [1.807, 2.05) is 18.2 Å². The van der Waals surface area contributed by atoms with E-state index in [1.165, 1.54) is 0 Å². The molecule has 0 spiro atoms. The average Bonchev–Trinajstić information content (AvgIpc) is 3.07. The zero-order valence-electron chi connectivity index (χ0n) is 16.5. The van der Waals surface area contributed by atoms with Crippen molar-refractivity contribution < 1.29 is 12.9 Å². The molecule has 4 atom stereocenters. The van der Waals surface area contributed by atoms with Gasteiger partial charge in [-0.2, -0.15) is 0 Å². The van der Waals surface area contributed by atoms with Crippen molar-refractivity contribution in [1.82, 2.24) is 0 Å². The van der Waals surface area contributed by atoms with E-state index in [0.717, 1.165) is 25.7 Å². The summed E-state index contributed by atoms with van der Waals surface area (Å²) in [4.78, 5) is 0. The lowest BCUT2D eigenvalue weighted by Crippen LogP contribution is -2.49. The summed E-state index contributed by atoms with van der Waals surface area (Å²) >= 11 is 0. The van der Waals surface area contributed by atoms with Gasteiger partial charge in [0.2, 0.25) is 0 Å². The smallest absolute Gasteiger partial charge is 0.301 e. The van der Waals surface area contributed by atoms with E-state index in [4.69, 9.17) is 12.9 Å². The van der Waals surface area contributed by atoms with Crippen LogP contribution in [0.15, 0.2) is 24.3 Å². The van der Waals surface area contributed by atoms with E-state index >= 15 is 0 Å². The third kappa shape index (κ3) is 1.39. The first-order valence-corrected chi connectivity index (χ1v) is 7.21. The summed E-state index contributed by atoms with van der Waals surface area (Å²) in [5.74, 6) is 0.0446. The van der Waals surface area contributed by atoms with Crippen LogP contribution in [0.5, 0.6) is 0 Å². The van der Waals surface area contributed by atoms with Crippen LogP contribution < -0.4 is 0 Å². The second-order valence-corrected chi connectivity index (χ2v) is 6.39. The van der Waals surface area contributed by atoms with Crippen molar-refractivity contribution in [1.29, 1.82) is 0 Å². The first kappa shape index (κ1) is 6.79. The standard InChI is InChI=1S/C16H23BO/c1-16(2)14-12-9-5-6-10-13(12)15(14)17(18-16)11-7-3-4-8-11/h5-6,9-15H,3-4,7-8H2,1-2H3/t12-,13+,14+,15-/m1/s1/i1D3,2D3. The number of hydrogen-bond acceptors (Lipinski definition) is 1. The second-order valence-electron chi connectivity index (χ2n) is 6.39. The Morgan fingerprint density at radius 2 is 1.89 bits per heavy atom. The molecule has 0 aromatic rings. The quantitative estimate of drug-likeness (QED) is 0.635. The summed E-state index contributed by atoms with van der Waals surface area (Å²) in [5, 5.41) is 0. The van der Waals surface area contributed by atoms with Crippen molar-refractivity contribution in [2.75, 3.05) is 0 Å². The molecule has 18 heavy (non-hydrogen) atoms. The van der Waals surface area contributed by atoms with E-state index in [1.54, 1.807) is 0 Å². The molecular formula is C16H23BO. The average molecular weight is 248 g/mol. The summed E-state index contributed by atoms with van der Waals surface area (Å²) in [6, 6.07) is 0. The fraction of sp³-hybridized carbons (Fsp3) is 0.750. The minimum absolute atomic E-state index is 0.0140. The fourth-order valence-electron chi connectivity index (χ4n) is 4.77. The van der Waals surface area contributed by atoms with Gasteiger partial charge >= 0.3 is 6.92 Å². The molecule has 2 heteroatoms. The van der Waals surface area contributed by atoms with Gasteiger partial charge in [-0.25, -0.2) is 0 Å². The zero-order chi connectivity index (χ0) is 17.3. The van der Waals surface area contributed by atoms with Crippen LogP contribution in [0.3, 0.4) is 0 Å². The molecule has 0 aromatic carbocycles. The Bertz CT molecular complexity index is 560. The molecule has 4 rings (SSSR count). The lowest BCUT2D eigenvalue weighted by Gasteiger charge is -2.51. The summed E-state index contributed by atoms with van der Waals surface area (Å²) in [6.45, 7) is -5.56. The largest absolute Gasteiger partial charge is 0.430 e. The van der Waals surface area contributed by atoms with Crippen molar-refractivity contribution in [3.63, 3.8) is 0 Å². The normalized spacial score (nSPS) is 51.2. The van der Waals surface area contributed by atoms with Crippen molar-refractivity contribution >= 4 is 6.92 Å². The van der Waals surface area contributed by atoms with Crippen LogP contribution in [0, 0.1) is 17.8 Å². The van der Waals surface area contributed by atoms with Crippen LogP contribution in [-0.4, -0.2) is 12.5 Å². The Labute approximate surface area is 119 Å². The molecule has 1 heterocycles. The van der Waals surface area contributed by atoms with Crippen LogP contribution in [-0.2, 0) is 4.65 Å². The predicted molar refractivity (Wildman–Crippen MR) is 75.6 cm³/mol. The Kier molecular flexibility index (Phi) is 1.42. The van der Waals surface area contributed by atoms with E-state index in [9.17, 15) is 0 Å². The van der Waals surface area contributed by atoms with Crippen LogP contribution in [0.2, 0.25) is 11.6 Å². The van der Waals surface area contributed by atoms with E-state index < -0.39 is 25.2 Å². The Hall–Kier alpha value is -0.495. The Balaban J connectivity index is 1.80. The highest BCUT2D eigenvalue weighted by atomic mass is 16.5. The molecule has 0 amide bonds. The number of allylic oxidation sites excluding steroid dienone is 4. The molecule has 0 bridgehead atoms. The molecule has 1 nitrogen and oxygen atoms in total. The topological polar surface area (TPSA) is 9.23 Å². The molecule has 1 saturated heterocycles. The Morgan fingerprint density at radius 1 is 1.17 bits per heavy atom. The highest BCUT2D eigenvalue weighted by molar-refractivity contribution is 6.57. The highest BCUT2D eigenvalue weighted by Crippen LogP contribution is 2.66. The van der Waals surface area contributed by atoms with Gasteiger partial charge in [0, 0.05) is 13.8 Å². The van der Waals surface area contributed by atoms with Crippen molar-refractivity contribution in [2.45, 2.75) is 56.6 Å². The van der Waals surface area contributed by atoms with Crippen molar-refractivity contribution in [3.8, 4) is 0 Å². The van der Waals surface area contributed by atoms with Crippen LogP contribution in [0.1, 0.15) is 47.6 Å². The van der Waals surface area contributed by atoms with Gasteiger partial charge in [0.05, 0.1) is 0 Å². The molecule has 3 fully saturated rings. The maximum absolute atomic E-state index is 8.06. The molecule has 0 radical (unpaired) electrons. The molecule has 3 aliphatic carbocycles. The monoisotopic (exact) mass is 248 g/mol. The van der Waals surface area contributed by atoms with Gasteiger partial charge in [-0.15, -0.1) is 0 Å². The van der Waals surface area contributed by atoms with E-state index in [0.29, 0.717) is 5.82 Å². The molecule has 0 N–H and O–H groups in total. The summed E-state index contributed by atoms with van der Waals surface area (Å²) in [6.07, 6.45) is 12.3. The van der Waals surface area contributed by atoms with Crippen molar-refractivity contribution in [2.24, 2.45) is 17.8 Å². The molecule has 96 valence electrons. The first-order chi connectivity index (χ1) is 11.2. The van der Waals surface area contributed by atoms with Gasteiger partial charge in [0.1, 0.15) is 0 Å². The number of hydrogen-bond donors (Lipinski definition) is 0. The fourth-order valence-corrected chi connectivity index (χ4v) is 4.77. The minimum Gasteiger partial charge on any atom is -0.430 e. The van der Waals surface area contributed by atoms with Gasteiger partial charge in [-0.3, -0.25) is 0 Å². The van der Waals surface area contributed by atoms with E-state index in [-0.39, 0.29) is 24.6 Å². The number of fused-ring (bicyclic) bond motifs is 4. The lowest BCUT2D eigenvalue weighted by molar-refractivity contribution is 0.00631. The maximum atomic E-state index is 8.06. The minimum atomic E-state index is -2.66. The van der Waals surface area contributed by atoms with Crippen LogP contribution in [0.4, 0.5) is 0 Å². The number of rotatable bonds is 1. The predicted octanol–water partition coefficient (Wildman–Crippen LogP) is 4.09. The third-order valence-corrected chi connectivity index (χ3v) is 5.53. The SMILES string of the molecule is [2H]C([2H])([2H])C1(C([2H])([2H])[2H])OB(C2CCCC2)[C@@H]2[C@H]3C=CC=C[C@H]3[C@@H]21. The summed E-state index contributed by atoms with van der Waals surface area (Å²) in [7, 11) is 0. The first-order valence-electron chi connectivity index (χ1n) is 10.2. The maximum Gasteiger partial charge on any atom is 0.301 e. The molecular weight excluding hydrogens is 219 g/mol. The lowest BCUT2D eigenvalue weighted by atomic mass is 9.34. The van der Waals surface area contributed by atoms with Gasteiger partial charge in [-0.1, -0.05) is 50.0 Å². The Morgan fingerprint density at radius 3 is 2.61 bits per heavy atom. The summed E-state index contributed by atoms with van der Waals surface area (Å²) in [5.41, 5.74) is -2.03. The van der Waals surface area contributed by atoms with Gasteiger partial charge in [0.25, 0.3) is 0 Å². The van der Waals surface area contributed by atoms with Gasteiger partial charge in [0.15, 0.2) is 0 Å². The second kappa shape index (κ2) is 3.76. The van der Waals surface area contributed by atoms with E-state index in [2.05, 4.69) is 6.08 Å². The molecule has 2 saturated carbocycles. The van der Waals surface area contributed by atoms with Gasteiger partial charge < -0.3 is 4.65 Å². The molecule has 4 aliphatic rings. The molecule has 0 aromatic heterocycles. The molecule has 1 aliphatic heterocycles. The van der Waals surface area contributed by atoms with Crippen LogP contribution in [0.25, 0.3) is 0 Å². The van der Waals surface area contributed by atoms with Gasteiger partial charge in [-0.05, 0) is 43.1 Å². The molecule has 0 unspecified atom stereocenters. The highest BCUT2D eigenvalue weighted by Gasteiger charge is 2.66. The third-order valence-electron chi connectivity index (χ3n) is 5.53.